The predicted octanol–water partition coefficient (Wildman–Crippen LogP) is 2.56. The minimum atomic E-state index is -1.18. The molecule has 1 aliphatic heterocycles. The number of carboxylic acids is 1. The number of rotatable bonds is 8. The molecule has 2 aromatic rings. The Morgan fingerprint density at radius 1 is 1.30 bits per heavy atom. The molecule has 0 bridgehead atoms. The Morgan fingerprint density at radius 3 is 2.58 bits per heavy atom. The minimum Gasteiger partial charge on any atom is -0.477 e. The summed E-state index contributed by atoms with van der Waals surface area (Å²) in [4.78, 5) is 63.1. The molecule has 14 heteroatoms. The van der Waals surface area contributed by atoms with E-state index in [1.54, 1.807) is 0 Å². The van der Waals surface area contributed by atoms with Crippen LogP contribution in [0.4, 0.5) is 15.6 Å². The summed E-state index contributed by atoms with van der Waals surface area (Å²) < 4.78 is 5.27. The van der Waals surface area contributed by atoms with E-state index in [9.17, 15) is 29.3 Å². The predicted molar refractivity (Wildman–Crippen MR) is 118 cm³/mol. The summed E-state index contributed by atoms with van der Waals surface area (Å²) in [6.07, 6.45) is 0.546. The first-order valence-electron chi connectivity index (χ1n) is 9.52. The summed E-state index contributed by atoms with van der Waals surface area (Å²) in [5.41, 5.74) is 0.411. The lowest BCUT2D eigenvalue weighted by molar-refractivity contribution is -0.384. The number of hydrogen-bond acceptors (Lipinski definition) is 9. The Kier molecular flexibility index (Phi) is 7.60. The maximum Gasteiger partial charge on any atom is 0.410 e. The van der Waals surface area contributed by atoms with Gasteiger partial charge in [-0.05, 0) is 30.0 Å². The van der Waals surface area contributed by atoms with Gasteiger partial charge in [0, 0.05) is 25.1 Å². The van der Waals surface area contributed by atoms with Gasteiger partial charge in [-0.3, -0.25) is 24.6 Å². The summed E-state index contributed by atoms with van der Waals surface area (Å²) in [6.45, 7) is -0.0893. The van der Waals surface area contributed by atoms with Crippen LogP contribution in [0.5, 0.6) is 0 Å². The van der Waals surface area contributed by atoms with Gasteiger partial charge in [-0.25, -0.2) is 14.6 Å². The van der Waals surface area contributed by atoms with Gasteiger partial charge in [0.25, 0.3) is 5.69 Å². The number of nitrogens with zero attached hydrogens (tertiary/aromatic N) is 3. The molecule has 1 saturated heterocycles. The summed E-state index contributed by atoms with van der Waals surface area (Å²) in [5, 5.41) is 21.9. The van der Waals surface area contributed by atoms with Crippen LogP contribution in [0.25, 0.3) is 0 Å². The van der Waals surface area contributed by atoms with Crippen LogP contribution in [0, 0.1) is 16.0 Å². The quantitative estimate of drug-likeness (QED) is 0.283. The highest BCUT2D eigenvalue weighted by molar-refractivity contribution is 7.96. The lowest BCUT2D eigenvalue weighted by Crippen LogP contribution is -2.43. The van der Waals surface area contributed by atoms with E-state index in [0.29, 0.717) is 5.56 Å². The normalized spacial score (nSPS) is 17.4. The first-order valence-corrected chi connectivity index (χ1v) is 10.8. The van der Waals surface area contributed by atoms with Crippen molar-refractivity contribution in [2.45, 2.75) is 25.5 Å². The number of amides is 2. The van der Waals surface area contributed by atoms with E-state index < -0.39 is 28.9 Å². The summed E-state index contributed by atoms with van der Waals surface area (Å²) in [5.74, 6) is -2.09. The number of aromatic nitrogens is 1. The molecule has 0 unspecified atom stereocenters. The first kappa shape index (κ1) is 24.1. The second-order valence-electron chi connectivity index (χ2n) is 7.17. The van der Waals surface area contributed by atoms with Crippen LogP contribution >= 0.6 is 24.0 Å². The molecule has 2 atom stereocenters. The number of benzene rings is 1. The van der Waals surface area contributed by atoms with Gasteiger partial charge < -0.3 is 15.2 Å². The van der Waals surface area contributed by atoms with Gasteiger partial charge in [-0.15, -0.1) is 12.6 Å². The van der Waals surface area contributed by atoms with Crippen LogP contribution < -0.4 is 5.32 Å². The molecule has 12 nitrogen and oxygen atoms in total. The third kappa shape index (κ3) is 6.26. The Labute approximate surface area is 196 Å². The SMILES string of the molecule is O=C(S)C[C@@H]1C[C@@H](C(=O)Nc2ncc(C(=O)O)s2)N(C(=O)OCc2ccc([N+](=O)[O-])cc2)C1. The number of aromatic carboxylic acids is 1. The number of carboxylic acid groups (broad SMARTS) is 1. The Balaban J connectivity index is 1.68. The number of carbonyl (C=O) groups excluding carboxylic acids is 3. The maximum atomic E-state index is 12.8. The van der Waals surface area contributed by atoms with Crippen LogP contribution in [0.1, 0.15) is 28.1 Å². The fourth-order valence-corrected chi connectivity index (χ4v) is 4.25. The minimum absolute atomic E-state index is 0.0550. The Hall–Kier alpha value is -3.52. The average Bonchev–Trinajstić information content (AvgIpc) is 3.39. The van der Waals surface area contributed by atoms with Crippen molar-refractivity contribution in [1.82, 2.24) is 9.88 Å². The summed E-state index contributed by atoms with van der Waals surface area (Å²) in [7, 11) is 0. The van der Waals surface area contributed by atoms with E-state index in [4.69, 9.17) is 9.84 Å². The fraction of sp³-hybridized carbons (Fsp3) is 0.316. The van der Waals surface area contributed by atoms with E-state index in [2.05, 4.69) is 22.9 Å². The standard InChI is InChI=1S/C19H18N4O8S2/c24-15(32)6-11-5-13(16(25)21-18-20-7-14(33-18)17(26)27)22(8-11)19(28)31-9-10-1-3-12(4-2-10)23(29)30/h1-4,7,11,13H,5-6,8-9H2,(H,24,32)(H,26,27)(H,20,21,25)/t11-,13-/m0/s1. The first-order chi connectivity index (χ1) is 15.6. The van der Waals surface area contributed by atoms with Crippen molar-refractivity contribution in [3.05, 3.63) is 51.0 Å². The lowest BCUT2D eigenvalue weighted by atomic mass is 10.0. The molecule has 33 heavy (non-hydrogen) atoms. The van der Waals surface area contributed by atoms with Gasteiger partial charge >= 0.3 is 12.1 Å². The van der Waals surface area contributed by atoms with E-state index in [1.165, 1.54) is 29.2 Å². The van der Waals surface area contributed by atoms with Gasteiger partial charge in [0.15, 0.2) is 10.2 Å². The second kappa shape index (κ2) is 10.4. The third-order valence-corrected chi connectivity index (χ3v) is 5.93. The van der Waals surface area contributed by atoms with Crippen molar-refractivity contribution in [2.75, 3.05) is 11.9 Å². The molecule has 1 aliphatic rings. The zero-order valence-electron chi connectivity index (χ0n) is 16.9. The number of nitrogens with one attached hydrogen (secondary N) is 1. The second-order valence-corrected chi connectivity index (χ2v) is 8.70. The molecular formula is C19H18N4O8S2. The molecule has 0 radical (unpaired) electrons. The molecule has 1 aromatic heterocycles. The van der Waals surface area contributed by atoms with Crippen molar-refractivity contribution in [3.63, 3.8) is 0 Å². The van der Waals surface area contributed by atoms with E-state index in [-0.39, 0.29) is 52.7 Å². The highest BCUT2D eigenvalue weighted by atomic mass is 32.1. The molecule has 2 heterocycles. The largest absolute Gasteiger partial charge is 0.477 e. The summed E-state index contributed by atoms with van der Waals surface area (Å²) in [6, 6.07) is 4.49. The molecule has 2 N–H and O–H groups in total. The van der Waals surface area contributed by atoms with Gasteiger partial charge in [-0.2, -0.15) is 0 Å². The number of anilines is 1. The van der Waals surface area contributed by atoms with E-state index >= 15 is 0 Å². The van der Waals surface area contributed by atoms with Crippen molar-refractivity contribution in [3.8, 4) is 0 Å². The topological polar surface area (TPSA) is 169 Å². The number of non-ortho nitro benzene ring substituents is 1. The molecule has 0 aliphatic carbocycles. The van der Waals surface area contributed by atoms with Crippen LogP contribution in [0.15, 0.2) is 30.5 Å². The van der Waals surface area contributed by atoms with Crippen molar-refractivity contribution < 1.29 is 33.9 Å². The molecule has 1 fully saturated rings. The molecule has 3 rings (SSSR count). The van der Waals surface area contributed by atoms with Crippen LogP contribution in [0.3, 0.4) is 0 Å². The number of likely N-dealkylation sites (tertiary alicyclic amines) is 1. The fourth-order valence-electron chi connectivity index (χ4n) is 3.33. The molecule has 0 spiro atoms. The van der Waals surface area contributed by atoms with Crippen molar-refractivity contribution in [2.24, 2.45) is 5.92 Å². The Morgan fingerprint density at radius 2 is 2.00 bits per heavy atom. The number of nitro benzene ring substituents is 1. The van der Waals surface area contributed by atoms with E-state index in [0.717, 1.165) is 17.5 Å². The number of nitro groups is 1. The number of thiol groups is 1. The smallest absolute Gasteiger partial charge is 0.410 e. The average molecular weight is 495 g/mol. The number of ether oxygens (including phenoxy) is 1. The summed E-state index contributed by atoms with van der Waals surface area (Å²) >= 11 is 4.53. The van der Waals surface area contributed by atoms with Crippen molar-refractivity contribution in [1.29, 1.82) is 0 Å². The van der Waals surface area contributed by atoms with Crippen LogP contribution in [-0.4, -0.2) is 55.6 Å². The number of thiazole rings is 1. The number of hydrogen-bond donors (Lipinski definition) is 3. The van der Waals surface area contributed by atoms with Gasteiger partial charge in [-0.1, -0.05) is 11.3 Å². The third-order valence-electron chi connectivity index (χ3n) is 4.84. The van der Waals surface area contributed by atoms with Gasteiger partial charge in [0.05, 0.1) is 11.1 Å². The molecule has 174 valence electrons. The Bertz CT molecular complexity index is 1090. The zero-order chi connectivity index (χ0) is 24.1. The van der Waals surface area contributed by atoms with Gasteiger partial charge in [0.1, 0.15) is 17.5 Å². The highest BCUT2D eigenvalue weighted by Gasteiger charge is 2.41. The lowest BCUT2D eigenvalue weighted by Gasteiger charge is -2.23. The zero-order valence-corrected chi connectivity index (χ0v) is 18.6. The van der Waals surface area contributed by atoms with Crippen LogP contribution in [-0.2, 0) is 20.9 Å². The monoisotopic (exact) mass is 494 g/mol. The number of carbonyl (C=O) groups is 4. The molecule has 1 aromatic carbocycles. The maximum absolute atomic E-state index is 12.8. The van der Waals surface area contributed by atoms with Crippen LogP contribution in [0.2, 0.25) is 0 Å². The van der Waals surface area contributed by atoms with Gasteiger partial charge in [0.2, 0.25) is 5.91 Å². The highest BCUT2D eigenvalue weighted by Crippen LogP contribution is 2.29. The molecule has 2 amide bonds. The van der Waals surface area contributed by atoms with Crippen molar-refractivity contribution >= 4 is 57.9 Å². The molecular weight excluding hydrogens is 476 g/mol. The van der Waals surface area contributed by atoms with E-state index in [1.807, 2.05) is 0 Å². The molecule has 0 saturated carbocycles.